The Kier molecular flexibility index (Phi) is 3.79. The lowest BCUT2D eigenvalue weighted by Gasteiger charge is -2.19. The van der Waals surface area contributed by atoms with Crippen LogP contribution in [0.5, 0.6) is 0 Å². The molecular formula is C14H15Cl2NO2. The first-order chi connectivity index (χ1) is 8.83. The fourth-order valence-electron chi connectivity index (χ4n) is 1.88. The number of hydrogen-bond acceptors (Lipinski definition) is 2. The van der Waals surface area contributed by atoms with Crippen LogP contribution in [0.3, 0.4) is 0 Å². The first kappa shape index (κ1) is 14.2. The Morgan fingerprint density at radius 2 is 2.05 bits per heavy atom. The van der Waals surface area contributed by atoms with Crippen molar-refractivity contribution in [3.8, 4) is 0 Å². The molecule has 3 nitrogen and oxygen atoms in total. The van der Waals surface area contributed by atoms with Crippen molar-refractivity contribution >= 4 is 40.2 Å². The van der Waals surface area contributed by atoms with E-state index in [0.29, 0.717) is 10.5 Å². The summed E-state index contributed by atoms with van der Waals surface area (Å²) in [6, 6.07) is 5.39. The summed E-state index contributed by atoms with van der Waals surface area (Å²) in [5.41, 5.74) is 0.971. The molecule has 0 fully saturated rings. The van der Waals surface area contributed by atoms with Gasteiger partial charge in [0, 0.05) is 17.5 Å². The molecule has 0 bridgehead atoms. The van der Waals surface area contributed by atoms with Crippen LogP contribution in [0.4, 0.5) is 4.79 Å². The summed E-state index contributed by atoms with van der Waals surface area (Å²) >= 11 is 12.1. The molecule has 0 atom stereocenters. The number of nitrogens with zero attached hydrogens (tertiary/aromatic N) is 1. The highest BCUT2D eigenvalue weighted by molar-refractivity contribution is 6.36. The summed E-state index contributed by atoms with van der Waals surface area (Å²) in [4.78, 5) is 12.2. The van der Waals surface area contributed by atoms with Crippen molar-refractivity contribution in [3.05, 3.63) is 35.0 Å². The highest BCUT2D eigenvalue weighted by Gasteiger charge is 2.21. The van der Waals surface area contributed by atoms with Gasteiger partial charge in [0.1, 0.15) is 5.60 Å². The van der Waals surface area contributed by atoms with E-state index in [1.165, 1.54) is 4.57 Å². The molecule has 0 aliphatic rings. The third-order valence-electron chi connectivity index (χ3n) is 2.59. The SMILES string of the molecule is CC(C)(C)OC(=O)n1cc(CCl)c2c(Cl)cccc21. The number of ether oxygens (including phenoxy) is 1. The van der Waals surface area contributed by atoms with Gasteiger partial charge in [-0.3, -0.25) is 4.57 Å². The summed E-state index contributed by atoms with van der Waals surface area (Å²) in [7, 11) is 0. The maximum atomic E-state index is 12.2. The number of carbonyl (C=O) groups excluding carboxylic acids is 1. The molecule has 102 valence electrons. The maximum Gasteiger partial charge on any atom is 0.419 e. The Morgan fingerprint density at radius 1 is 1.37 bits per heavy atom. The van der Waals surface area contributed by atoms with Crippen molar-refractivity contribution in [3.63, 3.8) is 0 Å². The molecule has 2 aromatic rings. The number of aromatic nitrogens is 1. The van der Waals surface area contributed by atoms with Gasteiger partial charge in [0.05, 0.1) is 10.5 Å². The van der Waals surface area contributed by atoms with E-state index in [4.69, 9.17) is 27.9 Å². The van der Waals surface area contributed by atoms with Crippen LogP contribution in [-0.4, -0.2) is 16.3 Å². The van der Waals surface area contributed by atoms with Crippen molar-refractivity contribution in [2.45, 2.75) is 32.3 Å². The van der Waals surface area contributed by atoms with Crippen LogP contribution in [-0.2, 0) is 10.6 Å². The van der Waals surface area contributed by atoms with Gasteiger partial charge < -0.3 is 4.74 Å². The van der Waals surface area contributed by atoms with Crippen molar-refractivity contribution in [1.82, 2.24) is 4.57 Å². The van der Waals surface area contributed by atoms with Crippen molar-refractivity contribution in [2.24, 2.45) is 0 Å². The lowest BCUT2D eigenvalue weighted by Crippen LogP contribution is -2.26. The molecule has 0 aliphatic heterocycles. The van der Waals surface area contributed by atoms with Gasteiger partial charge in [-0.25, -0.2) is 4.79 Å². The van der Waals surface area contributed by atoms with Crippen LogP contribution in [0.1, 0.15) is 26.3 Å². The molecule has 0 N–H and O–H groups in total. The van der Waals surface area contributed by atoms with Gasteiger partial charge in [-0.05, 0) is 38.5 Å². The van der Waals surface area contributed by atoms with Crippen LogP contribution in [0.15, 0.2) is 24.4 Å². The standard InChI is InChI=1S/C14H15Cl2NO2/c1-14(2,3)19-13(18)17-8-9(7-15)12-10(16)5-4-6-11(12)17/h4-6,8H,7H2,1-3H3. The van der Waals surface area contributed by atoms with E-state index < -0.39 is 11.7 Å². The smallest absolute Gasteiger partial charge is 0.419 e. The second kappa shape index (κ2) is 5.06. The first-order valence-corrected chi connectivity index (χ1v) is 6.82. The second-order valence-electron chi connectivity index (χ2n) is 5.27. The number of benzene rings is 1. The van der Waals surface area contributed by atoms with E-state index in [1.54, 1.807) is 18.3 Å². The van der Waals surface area contributed by atoms with E-state index in [-0.39, 0.29) is 5.88 Å². The Balaban J connectivity index is 2.56. The molecule has 0 saturated carbocycles. The molecule has 0 unspecified atom stereocenters. The van der Waals surface area contributed by atoms with Gasteiger partial charge in [-0.1, -0.05) is 17.7 Å². The van der Waals surface area contributed by atoms with Gasteiger partial charge in [0.25, 0.3) is 0 Å². The fraction of sp³-hybridized carbons (Fsp3) is 0.357. The van der Waals surface area contributed by atoms with Gasteiger partial charge >= 0.3 is 6.09 Å². The van der Waals surface area contributed by atoms with Crippen molar-refractivity contribution in [2.75, 3.05) is 0 Å². The van der Waals surface area contributed by atoms with Gasteiger partial charge in [0.2, 0.25) is 0 Å². The molecule has 1 heterocycles. The van der Waals surface area contributed by atoms with E-state index in [1.807, 2.05) is 26.8 Å². The maximum absolute atomic E-state index is 12.2. The Morgan fingerprint density at radius 3 is 2.63 bits per heavy atom. The van der Waals surface area contributed by atoms with Crippen molar-refractivity contribution < 1.29 is 9.53 Å². The van der Waals surface area contributed by atoms with E-state index in [9.17, 15) is 4.79 Å². The molecule has 2 rings (SSSR count). The zero-order valence-corrected chi connectivity index (χ0v) is 12.5. The molecule has 0 saturated heterocycles. The molecule has 0 aliphatic carbocycles. The monoisotopic (exact) mass is 299 g/mol. The highest BCUT2D eigenvalue weighted by Crippen LogP contribution is 2.30. The number of carbonyl (C=O) groups is 1. The average molecular weight is 300 g/mol. The molecular weight excluding hydrogens is 285 g/mol. The van der Waals surface area contributed by atoms with Gasteiger partial charge in [-0.15, -0.1) is 11.6 Å². The van der Waals surface area contributed by atoms with E-state index >= 15 is 0 Å². The van der Waals surface area contributed by atoms with Gasteiger partial charge in [0.15, 0.2) is 0 Å². The largest absolute Gasteiger partial charge is 0.443 e. The quantitative estimate of drug-likeness (QED) is 0.707. The van der Waals surface area contributed by atoms with Crippen LogP contribution >= 0.6 is 23.2 Å². The zero-order valence-electron chi connectivity index (χ0n) is 11.0. The first-order valence-electron chi connectivity index (χ1n) is 5.91. The minimum Gasteiger partial charge on any atom is -0.443 e. The molecule has 1 aromatic carbocycles. The lowest BCUT2D eigenvalue weighted by atomic mass is 10.2. The highest BCUT2D eigenvalue weighted by atomic mass is 35.5. The Bertz CT molecular complexity index is 626. The second-order valence-corrected chi connectivity index (χ2v) is 5.95. The predicted octanol–water partition coefficient (Wildman–Crippen LogP) is 4.82. The number of alkyl halides is 1. The third kappa shape index (κ3) is 2.88. The average Bonchev–Trinajstić information content (AvgIpc) is 2.67. The number of halogens is 2. The number of hydrogen-bond donors (Lipinski definition) is 0. The van der Waals surface area contributed by atoms with Crippen LogP contribution in [0.2, 0.25) is 5.02 Å². The molecule has 5 heteroatoms. The summed E-state index contributed by atoms with van der Waals surface area (Å²) in [5.74, 6) is 0.288. The molecule has 19 heavy (non-hydrogen) atoms. The topological polar surface area (TPSA) is 31.2 Å². The molecule has 1 aromatic heterocycles. The molecule has 0 amide bonds. The van der Waals surface area contributed by atoms with Crippen LogP contribution in [0, 0.1) is 0 Å². The summed E-state index contributed by atoms with van der Waals surface area (Å²) < 4.78 is 6.82. The predicted molar refractivity (Wildman–Crippen MR) is 78.1 cm³/mol. The minimum absolute atomic E-state index is 0.288. The number of fused-ring (bicyclic) bond motifs is 1. The Labute approximate surface area is 122 Å². The molecule has 0 spiro atoms. The third-order valence-corrected chi connectivity index (χ3v) is 3.19. The lowest BCUT2D eigenvalue weighted by molar-refractivity contribution is 0.0544. The van der Waals surface area contributed by atoms with Gasteiger partial charge in [-0.2, -0.15) is 0 Å². The fourth-order valence-corrected chi connectivity index (χ4v) is 2.38. The van der Waals surface area contributed by atoms with Crippen LogP contribution in [0.25, 0.3) is 10.9 Å². The van der Waals surface area contributed by atoms with E-state index in [0.717, 1.165) is 10.9 Å². The normalized spacial score (nSPS) is 11.8. The van der Waals surface area contributed by atoms with Crippen molar-refractivity contribution in [1.29, 1.82) is 0 Å². The zero-order chi connectivity index (χ0) is 14.2. The molecule has 0 radical (unpaired) electrons. The van der Waals surface area contributed by atoms with Crippen LogP contribution < -0.4 is 0 Å². The minimum atomic E-state index is -0.548. The summed E-state index contributed by atoms with van der Waals surface area (Å²) in [6.07, 6.45) is 1.24. The van der Waals surface area contributed by atoms with E-state index in [2.05, 4.69) is 0 Å². The number of rotatable bonds is 1. The summed E-state index contributed by atoms with van der Waals surface area (Å²) in [5, 5.41) is 1.38. The Hall–Kier alpha value is -1.19. The summed E-state index contributed by atoms with van der Waals surface area (Å²) in [6.45, 7) is 5.48.